The summed E-state index contributed by atoms with van der Waals surface area (Å²) in [4.78, 5) is 0. The summed E-state index contributed by atoms with van der Waals surface area (Å²) >= 11 is 0. The van der Waals surface area contributed by atoms with Gasteiger partial charge in [-0.05, 0) is 19.3 Å². The lowest BCUT2D eigenvalue weighted by Gasteiger charge is -2.23. The van der Waals surface area contributed by atoms with E-state index in [9.17, 15) is 0 Å². The molecule has 0 aromatic carbocycles. The maximum absolute atomic E-state index is 8.92. The first-order valence-corrected chi connectivity index (χ1v) is 6.61. The van der Waals surface area contributed by atoms with E-state index in [0.29, 0.717) is 6.42 Å². The van der Waals surface area contributed by atoms with Gasteiger partial charge in [0.05, 0.1) is 12.5 Å². The third kappa shape index (κ3) is 5.82. The number of hydrogen-bond acceptors (Lipinski definition) is 1. The number of nitriles is 1. The molecule has 0 aromatic rings. The lowest BCUT2D eigenvalue weighted by molar-refractivity contribution is 0.350. The summed E-state index contributed by atoms with van der Waals surface area (Å²) in [6.07, 6.45) is 8.38. The van der Waals surface area contributed by atoms with E-state index in [-0.39, 0.29) is 5.41 Å². The molecule has 0 rings (SSSR count). The molecule has 0 amide bonds. The largest absolute Gasteiger partial charge is 0.198 e. The average molecular weight is 219 g/mol. The molecule has 0 aliphatic carbocycles. The van der Waals surface area contributed by atoms with Crippen LogP contribution in [0.5, 0.6) is 0 Å². The zero-order chi connectivity index (χ0) is 12.3. The molecule has 0 saturated carbocycles. The molecule has 0 aliphatic rings. The van der Waals surface area contributed by atoms with Crippen LogP contribution in [0.2, 0.25) is 0 Å². The van der Waals surface area contributed by atoms with Crippen LogP contribution >= 0.6 is 0 Å². The van der Waals surface area contributed by atoms with E-state index in [1.807, 2.05) is 0 Å². The summed E-state index contributed by atoms with van der Waals surface area (Å²) in [6.45, 7) is 6.53. The number of unbranched alkanes of at least 4 members (excludes halogenated alkanes) is 3. The van der Waals surface area contributed by atoms with E-state index in [1.54, 1.807) is 0 Å². The molecule has 0 spiro atoms. The van der Waals surface area contributed by atoms with E-state index in [4.69, 9.17) is 5.26 Å². The maximum atomic E-state index is 8.92. The van der Waals surface area contributed by atoms with E-state index >= 15 is 0 Å². The van der Waals surface area contributed by atoms with Gasteiger partial charge in [-0.15, -0.1) is 5.92 Å². The fraction of sp³-hybridized carbons (Fsp3) is 0.800. The van der Waals surface area contributed by atoms with E-state index < -0.39 is 0 Å². The predicted octanol–water partition coefficient (Wildman–Crippen LogP) is 4.68. The predicted molar refractivity (Wildman–Crippen MR) is 69.8 cm³/mol. The fourth-order valence-electron chi connectivity index (χ4n) is 1.77. The molecule has 0 N–H and O–H groups in total. The van der Waals surface area contributed by atoms with Gasteiger partial charge in [-0.25, -0.2) is 0 Å². The van der Waals surface area contributed by atoms with Gasteiger partial charge in [-0.2, -0.15) is 5.26 Å². The lowest BCUT2D eigenvalue weighted by Crippen LogP contribution is -2.16. The average Bonchev–Trinajstić information content (AvgIpc) is 2.31. The molecule has 0 aromatic heterocycles. The first-order valence-electron chi connectivity index (χ1n) is 6.61. The molecule has 1 atom stereocenters. The smallest absolute Gasteiger partial charge is 0.0637 e. The van der Waals surface area contributed by atoms with Crippen LogP contribution in [0.15, 0.2) is 0 Å². The summed E-state index contributed by atoms with van der Waals surface area (Å²) in [5.74, 6) is 6.65. The Morgan fingerprint density at radius 1 is 1.06 bits per heavy atom. The second-order valence-corrected chi connectivity index (χ2v) is 4.48. The van der Waals surface area contributed by atoms with Crippen molar-refractivity contribution >= 4 is 0 Å². The van der Waals surface area contributed by atoms with Crippen molar-refractivity contribution < 1.29 is 0 Å². The van der Waals surface area contributed by atoms with Gasteiger partial charge in [0.2, 0.25) is 0 Å². The van der Waals surface area contributed by atoms with Gasteiger partial charge in [-0.1, -0.05) is 46.0 Å². The van der Waals surface area contributed by atoms with Gasteiger partial charge in [0.25, 0.3) is 0 Å². The highest BCUT2D eigenvalue weighted by molar-refractivity contribution is 5.14. The third-order valence-corrected chi connectivity index (χ3v) is 3.11. The molecule has 1 heteroatoms. The Labute approximate surface area is 101 Å². The molecule has 0 radical (unpaired) electrons. The first kappa shape index (κ1) is 15.0. The standard InChI is InChI=1S/C15H25N/c1-4-7-9-10-12-15(6-3,13-14-16)11-8-5-2/h4-9,11,13H2,1-3H3/t15-/m0/s1. The summed E-state index contributed by atoms with van der Waals surface area (Å²) in [6, 6.07) is 2.31. The Balaban J connectivity index is 4.47. The van der Waals surface area contributed by atoms with Crippen LogP contribution in [0.25, 0.3) is 0 Å². The highest BCUT2D eigenvalue weighted by atomic mass is 14.3. The quantitative estimate of drug-likeness (QED) is 0.450. The van der Waals surface area contributed by atoms with E-state index in [2.05, 4.69) is 38.7 Å². The second-order valence-electron chi connectivity index (χ2n) is 4.48. The van der Waals surface area contributed by atoms with Gasteiger partial charge in [0, 0.05) is 11.8 Å². The van der Waals surface area contributed by atoms with Crippen molar-refractivity contribution in [3.05, 3.63) is 0 Å². The van der Waals surface area contributed by atoms with Gasteiger partial charge < -0.3 is 0 Å². The minimum atomic E-state index is -0.0293. The molecule has 16 heavy (non-hydrogen) atoms. The van der Waals surface area contributed by atoms with Crippen LogP contribution < -0.4 is 0 Å². The first-order chi connectivity index (χ1) is 7.74. The van der Waals surface area contributed by atoms with Crippen molar-refractivity contribution in [2.75, 3.05) is 0 Å². The monoisotopic (exact) mass is 219 g/mol. The zero-order valence-corrected chi connectivity index (χ0v) is 11.1. The molecule has 90 valence electrons. The van der Waals surface area contributed by atoms with E-state index in [1.165, 1.54) is 25.7 Å². The lowest BCUT2D eigenvalue weighted by atomic mass is 9.78. The number of nitrogens with zero attached hydrogens (tertiary/aromatic N) is 1. The summed E-state index contributed by atoms with van der Waals surface area (Å²) in [5.41, 5.74) is -0.0293. The van der Waals surface area contributed by atoms with Crippen molar-refractivity contribution in [1.82, 2.24) is 0 Å². The normalized spacial score (nSPS) is 13.4. The minimum absolute atomic E-state index is 0.0293. The highest BCUT2D eigenvalue weighted by Crippen LogP contribution is 2.31. The Bertz CT molecular complexity index is 263. The SMILES string of the molecule is CCCCC#C[C@@](CC)(CC#N)CCCC. The van der Waals surface area contributed by atoms with Crippen LogP contribution in [-0.2, 0) is 0 Å². The van der Waals surface area contributed by atoms with Gasteiger partial charge >= 0.3 is 0 Å². The van der Waals surface area contributed by atoms with Gasteiger partial charge in [0.15, 0.2) is 0 Å². The molecule has 0 saturated heterocycles. The van der Waals surface area contributed by atoms with E-state index in [0.717, 1.165) is 19.3 Å². The number of rotatable bonds is 7. The van der Waals surface area contributed by atoms with Crippen molar-refractivity contribution in [3.8, 4) is 17.9 Å². The molecule has 1 nitrogen and oxygen atoms in total. The van der Waals surface area contributed by atoms with Crippen molar-refractivity contribution in [2.45, 2.75) is 72.1 Å². The molecule has 0 bridgehead atoms. The molecule has 0 aliphatic heterocycles. The van der Waals surface area contributed by atoms with Crippen LogP contribution in [0, 0.1) is 28.6 Å². The highest BCUT2D eigenvalue weighted by Gasteiger charge is 2.24. The number of hydrogen-bond donors (Lipinski definition) is 0. The van der Waals surface area contributed by atoms with Gasteiger partial charge in [0.1, 0.15) is 0 Å². The van der Waals surface area contributed by atoms with Crippen molar-refractivity contribution in [3.63, 3.8) is 0 Å². The Morgan fingerprint density at radius 3 is 2.25 bits per heavy atom. The Hall–Kier alpha value is -0.950. The zero-order valence-electron chi connectivity index (χ0n) is 11.1. The van der Waals surface area contributed by atoms with Crippen LogP contribution in [-0.4, -0.2) is 0 Å². The Kier molecular flexibility index (Phi) is 8.74. The third-order valence-electron chi connectivity index (χ3n) is 3.11. The van der Waals surface area contributed by atoms with Crippen LogP contribution in [0.3, 0.4) is 0 Å². The van der Waals surface area contributed by atoms with Crippen LogP contribution in [0.1, 0.15) is 72.1 Å². The summed E-state index contributed by atoms with van der Waals surface area (Å²) in [7, 11) is 0. The molecular formula is C15H25N. The minimum Gasteiger partial charge on any atom is -0.198 e. The topological polar surface area (TPSA) is 23.8 Å². The van der Waals surface area contributed by atoms with Crippen LogP contribution in [0.4, 0.5) is 0 Å². The second kappa shape index (κ2) is 9.29. The fourth-order valence-corrected chi connectivity index (χ4v) is 1.77. The van der Waals surface area contributed by atoms with Crippen molar-refractivity contribution in [1.29, 1.82) is 5.26 Å². The molecule has 0 fully saturated rings. The molecule has 0 unspecified atom stereocenters. The Morgan fingerprint density at radius 2 is 1.75 bits per heavy atom. The molecule has 0 heterocycles. The van der Waals surface area contributed by atoms with Gasteiger partial charge in [-0.3, -0.25) is 0 Å². The summed E-state index contributed by atoms with van der Waals surface area (Å²) in [5, 5.41) is 8.92. The van der Waals surface area contributed by atoms with Crippen molar-refractivity contribution in [2.24, 2.45) is 5.41 Å². The molecular weight excluding hydrogens is 194 g/mol. The maximum Gasteiger partial charge on any atom is 0.0637 e. The summed E-state index contributed by atoms with van der Waals surface area (Å²) < 4.78 is 0.